The van der Waals surface area contributed by atoms with E-state index in [-0.39, 0.29) is 0 Å². The molecular weight excluding hydrogens is 112 g/mol. The predicted octanol–water partition coefficient (Wildman–Crippen LogP) is 0.385. The number of fused-ring (bicyclic) bond motifs is 2. The van der Waals surface area contributed by atoms with Crippen LogP contribution in [-0.4, -0.2) is 24.2 Å². The van der Waals surface area contributed by atoms with Crippen molar-refractivity contribution in [2.24, 2.45) is 11.7 Å². The van der Waals surface area contributed by atoms with Gasteiger partial charge in [-0.05, 0) is 32.2 Å². The van der Waals surface area contributed by atoms with E-state index in [1.165, 1.54) is 19.3 Å². The molecule has 1 aliphatic carbocycles. The zero-order valence-electron chi connectivity index (χ0n) is 5.88. The second-order valence-corrected chi connectivity index (χ2v) is 3.38. The van der Waals surface area contributed by atoms with Crippen molar-refractivity contribution in [3.8, 4) is 0 Å². The summed E-state index contributed by atoms with van der Waals surface area (Å²) >= 11 is 0. The van der Waals surface area contributed by atoms with E-state index in [0.29, 0.717) is 6.17 Å². The molecule has 1 heterocycles. The predicted molar refractivity (Wildman–Crippen MR) is 36.9 cm³/mol. The largest absolute Gasteiger partial charge is 0.315 e. The topological polar surface area (TPSA) is 29.3 Å². The van der Waals surface area contributed by atoms with Crippen molar-refractivity contribution in [3.63, 3.8) is 0 Å². The Kier molecular flexibility index (Phi) is 1.08. The minimum absolute atomic E-state index is 0.378. The maximum absolute atomic E-state index is 5.89. The van der Waals surface area contributed by atoms with E-state index in [4.69, 9.17) is 5.73 Å². The first-order chi connectivity index (χ1) is 4.29. The zero-order valence-corrected chi connectivity index (χ0v) is 5.88. The molecule has 2 bridgehead atoms. The van der Waals surface area contributed by atoms with Crippen LogP contribution in [0, 0.1) is 5.92 Å². The minimum atomic E-state index is 0.378. The molecule has 1 saturated heterocycles. The van der Waals surface area contributed by atoms with E-state index in [0.717, 1.165) is 12.0 Å². The summed E-state index contributed by atoms with van der Waals surface area (Å²) in [4.78, 5) is 2.33. The Hall–Kier alpha value is -0.0800. The monoisotopic (exact) mass is 126 g/mol. The third-order valence-electron chi connectivity index (χ3n) is 2.97. The zero-order chi connectivity index (χ0) is 6.43. The molecule has 2 unspecified atom stereocenters. The van der Waals surface area contributed by atoms with Gasteiger partial charge in [-0.2, -0.15) is 0 Å². The Labute approximate surface area is 56.0 Å². The smallest absolute Gasteiger partial charge is 0.0601 e. The maximum atomic E-state index is 5.89. The maximum Gasteiger partial charge on any atom is 0.0601 e. The van der Waals surface area contributed by atoms with Gasteiger partial charge in [0.2, 0.25) is 0 Å². The summed E-state index contributed by atoms with van der Waals surface area (Å²) in [5, 5.41) is 0. The number of rotatable bonds is 0. The Balaban J connectivity index is 2.15. The fourth-order valence-electron chi connectivity index (χ4n) is 2.25. The van der Waals surface area contributed by atoms with Gasteiger partial charge in [-0.25, -0.2) is 0 Å². The molecule has 2 nitrogen and oxygen atoms in total. The first-order valence-electron chi connectivity index (χ1n) is 3.76. The highest BCUT2D eigenvalue weighted by molar-refractivity contribution is 4.94. The highest BCUT2D eigenvalue weighted by atomic mass is 15.3. The van der Waals surface area contributed by atoms with Crippen LogP contribution in [0.3, 0.4) is 0 Å². The molecule has 0 aromatic rings. The number of piperidine rings is 1. The molecule has 2 N–H and O–H groups in total. The standard InChI is InChI=1S/C7H14N2/c1-9-6-3-2-5(4-6)7(9)8/h5-7H,2-4,8H2,1H3/t5?,6?,7-/m0/s1. The number of hydrogen-bond acceptors (Lipinski definition) is 2. The van der Waals surface area contributed by atoms with E-state index < -0.39 is 0 Å². The van der Waals surface area contributed by atoms with Gasteiger partial charge in [0.1, 0.15) is 0 Å². The lowest BCUT2D eigenvalue weighted by atomic mass is 10.1. The number of nitrogens with two attached hydrogens (primary N) is 1. The second-order valence-electron chi connectivity index (χ2n) is 3.38. The number of nitrogens with zero attached hydrogens (tertiary/aromatic N) is 1. The molecule has 2 aliphatic rings. The van der Waals surface area contributed by atoms with Gasteiger partial charge in [0.15, 0.2) is 0 Å². The molecule has 3 atom stereocenters. The Bertz CT molecular complexity index is 106. The van der Waals surface area contributed by atoms with Gasteiger partial charge < -0.3 is 5.73 Å². The normalized spacial score (nSPS) is 50.7. The first-order valence-corrected chi connectivity index (χ1v) is 3.76. The fourth-order valence-corrected chi connectivity index (χ4v) is 2.25. The lowest BCUT2D eigenvalue weighted by molar-refractivity contribution is 0.181. The van der Waals surface area contributed by atoms with Gasteiger partial charge >= 0.3 is 0 Å². The highest BCUT2D eigenvalue weighted by Gasteiger charge is 2.41. The summed E-state index contributed by atoms with van der Waals surface area (Å²) in [6.45, 7) is 0. The highest BCUT2D eigenvalue weighted by Crippen LogP contribution is 2.38. The van der Waals surface area contributed by atoms with E-state index in [1.54, 1.807) is 0 Å². The average Bonchev–Trinajstić information content (AvgIpc) is 2.37. The van der Waals surface area contributed by atoms with Crippen molar-refractivity contribution >= 4 is 0 Å². The van der Waals surface area contributed by atoms with Gasteiger partial charge in [-0.3, -0.25) is 4.90 Å². The van der Waals surface area contributed by atoms with Crippen LogP contribution in [0.15, 0.2) is 0 Å². The van der Waals surface area contributed by atoms with Crippen molar-refractivity contribution in [3.05, 3.63) is 0 Å². The molecule has 1 saturated carbocycles. The van der Waals surface area contributed by atoms with Gasteiger partial charge in [0.05, 0.1) is 6.17 Å². The molecule has 0 spiro atoms. The molecule has 0 amide bonds. The minimum Gasteiger partial charge on any atom is -0.315 e. The van der Waals surface area contributed by atoms with Crippen LogP contribution >= 0.6 is 0 Å². The van der Waals surface area contributed by atoms with Crippen molar-refractivity contribution in [2.75, 3.05) is 7.05 Å². The van der Waals surface area contributed by atoms with E-state index in [2.05, 4.69) is 11.9 Å². The quantitative estimate of drug-likeness (QED) is 0.508. The molecule has 9 heavy (non-hydrogen) atoms. The molecular formula is C7H14N2. The molecule has 0 aromatic carbocycles. The van der Waals surface area contributed by atoms with Crippen molar-refractivity contribution in [2.45, 2.75) is 31.5 Å². The van der Waals surface area contributed by atoms with Crippen molar-refractivity contribution in [1.29, 1.82) is 0 Å². The van der Waals surface area contributed by atoms with E-state index >= 15 is 0 Å². The first kappa shape index (κ1) is 5.69. The van der Waals surface area contributed by atoms with Crippen LogP contribution in [-0.2, 0) is 0 Å². The van der Waals surface area contributed by atoms with Gasteiger partial charge in [-0.1, -0.05) is 0 Å². The Morgan fingerprint density at radius 3 is 2.56 bits per heavy atom. The van der Waals surface area contributed by atoms with Crippen molar-refractivity contribution < 1.29 is 0 Å². The fraction of sp³-hybridized carbons (Fsp3) is 1.00. The summed E-state index contributed by atoms with van der Waals surface area (Å²) in [6, 6.07) is 0.824. The Morgan fingerprint density at radius 1 is 1.44 bits per heavy atom. The van der Waals surface area contributed by atoms with Gasteiger partial charge in [0, 0.05) is 6.04 Å². The lowest BCUT2D eigenvalue weighted by Gasteiger charge is -2.28. The van der Waals surface area contributed by atoms with Crippen LogP contribution in [0.5, 0.6) is 0 Å². The third-order valence-corrected chi connectivity index (χ3v) is 2.97. The molecule has 0 aromatic heterocycles. The van der Waals surface area contributed by atoms with E-state index in [1.807, 2.05) is 0 Å². The SMILES string of the molecule is CN1C2CCC(C2)[C@H]1N. The third kappa shape index (κ3) is 0.634. The van der Waals surface area contributed by atoms with Crippen LogP contribution in [0.1, 0.15) is 19.3 Å². The average molecular weight is 126 g/mol. The summed E-state index contributed by atoms with van der Waals surface area (Å²) in [5.41, 5.74) is 5.89. The molecule has 52 valence electrons. The summed E-state index contributed by atoms with van der Waals surface area (Å²) < 4.78 is 0. The van der Waals surface area contributed by atoms with Crippen LogP contribution < -0.4 is 5.73 Å². The van der Waals surface area contributed by atoms with Gasteiger partial charge in [-0.15, -0.1) is 0 Å². The molecule has 2 rings (SSSR count). The molecule has 2 heteroatoms. The van der Waals surface area contributed by atoms with Crippen LogP contribution in [0.2, 0.25) is 0 Å². The number of likely N-dealkylation sites (tertiary alicyclic amines) is 1. The molecule has 0 radical (unpaired) electrons. The summed E-state index contributed by atoms with van der Waals surface area (Å²) in [7, 11) is 2.15. The summed E-state index contributed by atoms with van der Waals surface area (Å²) in [5.74, 6) is 0.819. The lowest BCUT2D eigenvalue weighted by Crippen LogP contribution is -2.43. The van der Waals surface area contributed by atoms with E-state index in [9.17, 15) is 0 Å². The second kappa shape index (κ2) is 1.70. The van der Waals surface area contributed by atoms with Crippen molar-refractivity contribution in [1.82, 2.24) is 4.90 Å². The van der Waals surface area contributed by atoms with Crippen LogP contribution in [0.25, 0.3) is 0 Å². The van der Waals surface area contributed by atoms with Crippen LogP contribution in [0.4, 0.5) is 0 Å². The molecule has 1 aliphatic heterocycles. The Morgan fingerprint density at radius 2 is 2.22 bits per heavy atom. The molecule has 2 fully saturated rings. The summed E-state index contributed by atoms with van der Waals surface area (Å²) in [6.07, 6.45) is 4.49. The number of hydrogen-bond donors (Lipinski definition) is 1. The van der Waals surface area contributed by atoms with Gasteiger partial charge in [0.25, 0.3) is 0 Å².